The fourth-order valence-corrected chi connectivity index (χ4v) is 10.1. The maximum absolute atomic E-state index is 7.23. The quantitative estimate of drug-likeness (QED) is 0.585. The second-order valence-corrected chi connectivity index (χ2v) is 15.1. The molecule has 0 amide bonds. The van der Waals surface area contributed by atoms with Gasteiger partial charge in [-0.3, -0.25) is 0 Å². The molecular formula is C27H38O4Si. The molecule has 0 N–H and O–H groups in total. The van der Waals surface area contributed by atoms with Gasteiger partial charge in [-0.05, 0) is 35.7 Å². The van der Waals surface area contributed by atoms with Crippen molar-refractivity contribution in [3.63, 3.8) is 0 Å². The lowest BCUT2D eigenvalue weighted by Gasteiger charge is -2.45. The highest BCUT2D eigenvalue weighted by Gasteiger charge is 2.60. The Bertz CT molecular complexity index is 869. The lowest BCUT2D eigenvalue weighted by molar-refractivity contribution is -0.237. The Hall–Kier alpha value is -1.50. The van der Waals surface area contributed by atoms with Gasteiger partial charge in [-0.1, -0.05) is 95.3 Å². The maximum atomic E-state index is 7.23. The average molecular weight is 455 g/mol. The zero-order valence-electron chi connectivity index (χ0n) is 20.6. The van der Waals surface area contributed by atoms with Gasteiger partial charge >= 0.3 is 0 Å². The summed E-state index contributed by atoms with van der Waals surface area (Å²) in [6.07, 6.45) is 0.419. The Morgan fingerprint density at radius 3 is 1.84 bits per heavy atom. The first-order chi connectivity index (χ1) is 15.0. The average Bonchev–Trinajstić information content (AvgIpc) is 3.19. The molecule has 2 aliphatic rings. The van der Waals surface area contributed by atoms with Crippen LogP contribution in [0.1, 0.15) is 54.9 Å². The Morgan fingerprint density at radius 1 is 0.875 bits per heavy atom. The molecule has 0 saturated carbocycles. The summed E-state index contributed by atoms with van der Waals surface area (Å²) in [5.41, 5.74) is -0.446. The molecule has 2 aromatic carbocycles. The SMILES string of the molecule is CC[C@@]1(CO[Si](c2ccccc2)(c2ccccc2)C(C)(C)C)O[C@@H]2OC(C)(C)O[C@@H]2[C@@H]1C. The smallest absolute Gasteiger partial charge is 0.261 e. The molecule has 0 spiro atoms. The van der Waals surface area contributed by atoms with Crippen LogP contribution in [0.3, 0.4) is 0 Å². The summed E-state index contributed by atoms with van der Waals surface area (Å²) in [5.74, 6) is -0.444. The molecule has 2 heterocycles. The van der Waals surface area contributed by atoms with Crippen molar-refractivity contribution >= 4 is 18.7 Å². The number of benzene rings is 2. The van der Waals surface area contributed by atoms with E-state index in [0.717, 1.165) is 6.42 Å². The Kier molecular flexibility index (Phi) is 6.19. The van der Waals surface area contributed by atoms with Crippen LogP contribution in [0.5, 0.6) is 0 Å². The number of rotatable bonds is 6. The van der Waals surface area contributed by atoms with Crippen LogP contribution in [0.15, 0.2) is 60.7 Å². The van der Waals surface area contributed by atoms with Crippen LogP contribution >= 0.6 is 0 Å². The van der Waals surface area contributed by atoms with Crippen LogP contribution in [0, 0.1) is 5.92 Å². The molecule has 0 aliphatic carbocycles. The van der Waals surface area contributed by atoms with Crippen molar-refractivity contribution in [3.8, 4) is 0 Å². The van der Waals surface area contributed by atoms with E-state index in [-0.39, 0.29) is 23.4 Å². The van der Waals surface area contributed by atoms with Gasteiger partial charge in [0.1, 0.15) is 6.10 Å². The van der Waals surface area contributed by atoms with E-state index in [4.69, 9.17) is 18.6 Å². The number of hydrogen-bond acceptors (Lipinski definition) is 4. The summed E-state index contributed by atoms with van der Waals surface area (Å²) < 4.78 is 26.1. The van der Waals surface area contributed by atoms with Crippen molar-refractivity contribution in [2.75, 3.05) is 6.61 Å². The minimum Gasteiger partial charge on any atom is -0.404 e. The highest BCUT2D eigenvalue weighted by molar-refractivity contribution is 6.99. The summed E-state index contributed by atoms with van der Waals surface area (Å²) in [7, 11) is -2.64. The maximum Gasteiger partial charge on any atom is 0.261 e. The van der Waals surface area contributed by atoms with Gasteiger partial charge in [0.05, 0.1) is 12.2 Å². The summed E-state index contributed by atoms with van der Waals surface area (Å²) in [5, 5.41) is 2.49. The van der Waals surface area contributed by atoms with Crippen LogP contribution in [0.2, 0.25) is 5.04 Å². The molecular weight excluding hydrogens is 416 g/mol. The molecule has 2 aliphatic heterocycles. The van der Waals surface area contributed by atoms with Gasteiger partial charge in [0.15, 0.2) is 12.1 Å². The molecule has 4 nitrogen and oxygen atoms in total. The topological polar surface area (TPSA) is 36.9 Å². The van der Waals surface area contributed by atoms with E-state index in [1.807, 2.05) is 13.8 Å². The lowest BCUT2D eigenvalue weighted by Crippen LogP contribution is -2.68. The van der Waals surface area contributed by atoms with Gasteiger partial charge in [-0.2, -0.15) is 0 Å². The van der Waals surface area contributed by atoms with E-state index in [1.165, 1.54) is 10.4 Å². The van der Waals surface area contributed by atoms with Gasteiger partial charge < -0.3 is 18.6 Å². The summed E-state index contributed by atoms with van der Waals surface area (Å²) in [4.78, 5) is 0. The van der Waals surface area contributed by atoms with Crippen LogP contribution in [-0.4, -0.2) is 38.7 Å². The molecule has 0 aromatic heterocycles. The molecule has 4 rings (SSSR count). The highest BCUT2D eigenvalue weighted by atomic mass is 28.4. The predicted molar refractivity (Wildman–Crippen MR) is 131 cm³/mol. The molecule has 2 fully saturated rings. The van der Waals surface area contributed by atoms with E-state index in [1.54, 1.807) is 0 Å². The fraction of sp³-hybridized carbons (Fsp3) is 0.556. The Labute approximate surface area is 194 Å². The van der Waals surface area contributed by atoms with E-state index in [0.29, 0.717) is 6.61 Å². The van der Waals surface area contributed by atoms with Crippen molar-refractivity contribution in [1.29, 1.82) is 0 Å². The molecule has 0 radical (unpaired) electrons. The van der Waals surface area contributed by atoms with Gasteiger partial charge in [0, 0.05) is 5.92 Å². The van der Waals surface area contributed by atoms with Crippen molar-refractivity contribution in [2.45, 2.75) is 83.7 Å². The van der Waals surface area contributed by atoms with Gasteiger partial charge in [0.25, 0.3) is 8.32 Å². The highest BCUT2D eigenvalue weighted by Crippen LogP contribution is 2.48. The summed E-state index contributed by atoms with van der Waals surface area (Å²) in [6, 6.07) is 21.5. The molecule has 0 unspecified atom stereocenters. The van der Waals surface area contributed by atoms with Gasteiger partial charge in [-0.25, -0.2) is 0 Å². The number of hydrogen-bond donors (Lipinski definition) is 0. The van der Waals surface area contributed by atoms with Gasteiger partial charge in [-0.15, -0.1) is 0 Å². The molecule has 2 aromatic rings. The van der Waals surface area contributed by atoms with Crippen LogP contribution in [0.4, 0.5) is 0 Å². The van der Waals surface area contributed by atoms with Crippen molar-refractivity contribution in [2.24, 2.45) is 5.92 Å². The first-order valence-corrected chi connectivity index (χ1v) is 13.7. The second kappa shape index (κ2) is 8.37. The zero-order valence-corrected chi connectivity index (χ0v) is 21.6. The number of ether oxygens (including phenoxy) is 3. The van der Waals surface area contributed by atoms with Crippen molar-refractivity contribution in [3.05, 3.63) is 60.7 Å². The monoisotopic (exact) mass is 454 g/mol. The Morgan fingerprint density at radius 2 is 1.41 bits per heavy atom. The number of fused-ring (bicyclic) bond motifs is 1. The van der Waals surface area contributed by atoms with Crippen LogP contribution < -0.4 is 10.4 Å². The van der Waals surface area contributed by atoms with E-state index in [2.05, 4.69) is 95.3 Å². The van der Waals surface area contributed by atoms with E-state index in [9.17, 15) is 0 Å². The third-order valence-electron chi connectivity index (χ3n) is 7.31. The standard InChI is InChI=1S/C27H38O4Si/c1-8-27(20(2)23-24(31-27)30-26(6,7)29-23)19-28-32(25(3,4)5,21-15-11-9-12-16-21)22-17-13-10-14-18-22/h9-18,20,23-24H,8,19H2,1-7H3/t20-,23+,24-,27-/m0/s1. The van der Waals surface area contributed by atoms with E-state index >= 15 is 0 Å². The third-order valence-corrected chi connectivity index (χ3v) is 12.3. The Balaban J connectivity index is 1.73. The molecule has 5 heteroatoms. The molecule has 4 atom stereocenters. The van der Waals surface area contributed by atoms with Crippen LogP contribution in [-0.2, 0) is 18.6 Å². The normalized spacial score (nSPS) is 29.8. The van der Waals surface area contributed by atoms with Crippen molar-refractivity contribution < 1.29 is 18.6 Å². The minimum atomic E-state index is -2.64. The summed E-state index contributed by atoms with van der Waals surface area (Å²) in [6.45, 7) is 15.7. The van der Waals surface area contributed by atoms with Crippen LogP contribution in [0.25, 0.3) is 0 Å². The van der Waals surface area contributed by atoms with Gasteiger partial charge in [0.2, 0.25) is 0 Å². The minimum absolute atomic E-state index is 0.0721. The molecule has 0 bridgehead atoms. The third kappa shape index (κ3) is 3.88. The predicted octanol–water partition coefficient (Wildman–Crippen LogP) is 4.86. The zero-order chi connectivity index (χ0) is 23.2. The largest absolute Gasteiger partial charge is 0.404 e. The fourth-order valence-electron chi connectivity index (χ4n) is 5.49. The molecule has 174 valence electrons. The molecule has 32 heavy (non-hydrogen) atoms. The van der Waals surface area contributed by atoms with Crippen molar-refractivity contribution in [1.82, 2.24) is 0 Å². The first-order valence-electron chi connectivity index (χ1n) is 11.8. The van der Waals surface area contributed by atoms with E-state index < -0.39 is 19.7 Å². The molecule has 2 saturated heterocycles. The first kappa shape index (κ1) is 23.6. The second-order valence-electron chi connectivity index (χ2n) is 10.7. The summed E-state index contributed by atoms with van der Waals surface area (Å²) >= 11 is 0. The lowest BCUT2D eigenvalue weighted by atomic mass is 9.86.